The molecule has 0 aliphatic heterocycles. The van der Waals surface area contributed by atoms with E-state index in [4.69, 9.17) is 0 Å². The highest BCUT2D eigenvalue weighted by Gasteiger charge is 2.47. The molecule has 4 aliphatic carbocycles. The summed E-state index contributed by atoms with van der Waals surface area (Å²) in [7, 11) is 0. The Morgan fingerprint density at radius 2 is 1.42 bits per heavy atom. The molecule has 1 nitrogen and oxygen atoms in total. The maximum absolute atomic E-state index is 9.34. The third kappa shape index (κ3) is 2.17. The quantitative estimate of drug-likeness (QED) is 0.850. The molecular formula is C18H24O. The smallest absolute Gasteiger partial charge is 0.115 e. The van der Waals surface area contributed by atoms with Crippen LogP contribution in [-0.2, 0) is 6.42 Å². The van der Waals surface area contributed by atoms with E-state index in [2.05, 4.69) is 12.1 Å². The van der Waals surface area contributed by atoms with Crippen LogP contribution in [0.4, 0.5) is 0 Å². The van der Waals surface area contributed by atoms with Gasteiger partial charge in [0.05, 0.1) is 0 Å². The van der Waals surface area contributed by atoms with Crippen LogP contribution >= 0.6 is 0 Å². The summed E-state index contributed by atoms with van der Waals surface area (Å²) >= 11 is 0. The largest absolute Gasteiger partial charge is 0.508 e. The molecule has 0 amide bonds. The van der Waals surface area contributed by atoms with Gasteiger partial charge in [-0.05, 0) is 92.2 Å². The van der Waals surface area contributed by atoms with Gasteiger partial charge in [-0.15, -0.1) is 0 Å². The topological polar surface area (TPSA) is 20.2 Å². The SMILES string of the molecule is Oc1ccc(CCC2C3CC4CC(C3)CC2C4)cc1. The predicted molar refractivity (Wildman–Crippen MR) is 77.0 cm³/mol. The number of phenols is 1. The lowest BCUT2D eigenvalue weighted by atomic mass is 9.51. The van der Waals surface area contributed by atoms with E-state index in [0.29, 0.717) is 5.75 Å². The number of phenolic OH excluding ortho intramolecular Hbond substituents is 1. The van der Waals surface area contributed by atoms with E-state index in [0.717, 1.165) is 29.6 Å². The summed E-state index contributed by atoms with van der Waals surface area (Å²) in [6.45, 7) is 0. The summed E-state index contributed by atoms with van der Waals surface area (Å²) in [6.07, 6.45) is 10.3. The van der Waals surface area contributed by atoms with Crippen LogP contribution in [0.1, 0.15) is 44.1 Å². The molecule has 4 aliphatic rings. The number of rotatable bonds is 3. The van der Waals surface area contributed by atoms with E-state index in [1.54, 1.807) is 6.42 Å². The Balaban J connectivity index is 1.42. The lowest BCUT2D eigenvalue weighted by molar-refractivity contribution is -0.0394. The number of hydrogen-bond donors (Lipinski definition) is 1. The van der Waals surface area contributed by atoms with E-state index in [1.807, 2.05) is 12.1 Å². The predicted octanol–water partition coefficient (Wildman–Crippen LogP) is 4.40. The Morgan fingerprint density at radius 3 is 2.00 bits per heavy atom. The first-order valence-electron chi connectivity index (χ1n) is 8.06. The van der Waals surface area contributed by atoms with Crippen molar-refractivity contribution in [1.82, 2.24) is 0 Å². The van der Waals surface area contributed by atoms with Crippen molar-refractivity contribution in [2.75, 3.05) is 0 Å². The third-order valence-corrected chi connectivity index (χ3v) is 6.12. The second-order valence-corrected chi connectivity index (χ2v) is 7.30. The van der Waals surface area contributed by atoms with E-state index in [9.17, 15) is 5.11 Å². The van der Waals surface area contributed by atoms with Crippen LogP contribution < -0.4 is 0 Å². The van der Waals surface area contributed by atoms with Crippen LogP contribution in [0, 0.1) is 29.6 Å². The Labute approximate surface area is 116 Å². The van der Waals surface area contributed by atoms with Crippen LogP contribution in [0.3, 0.4) is 0 Å². The van der Waals surface area contributed by atoms with E-state index < -0.39 is 0 Å². The zero-order chi connectivity index (χ0) is 12.8. The first kappa shape index (κ1) is 11.8. The second-order valence-electron chi connectivity index (χ2n) is 7.30. The van der Waals surface area contributed by atoms with Gasteiger partial charge in [0, 0.05) is 0 Å². The fourth-order valence-corrected chi connectivity index (χ4v) is 5.51. The first-order valence-corrected chi connectivity index (χ1v) is 8.06. The fraction of sp³-hybridized carbons (Fsp3) is 0.667. The van der Waals surface area contributed by atoms with Crippen LogP contribution in [-0.4, -0.2) is 5.11 Å². The van der Waals surface area contributed by atoms with Crippen molar-refractivity contribution in [3.05, 3.63) is 29.8 Å². The third-order valence-electron chi connectivity index (χ3n) is 6.12. The molecule has 1 heteroatoms. The van der Waals surface area contributed by atoms with Gasteiger partial charge in [-0.2, -0.15) is 0 Å². The van der Waals surface area contributed by atoms with Gasteiger partial charge in [-0.25, -0.2) is 0 Å². The van der Waals surface area contributed by atoms with Gasteiger partial charge in [-0.1, -0.05) is 12.1 Å². The lowest BCUT2D eigenvalue weighted by Gasteiger charge is -2.54. The zero-order valence-corrected chi connectivity index (χ0v) is 11.6. The van der Waals surface area contributed by atoms with Crippen molar-refractivity contribution in [3.63, 3.8) is 0 Å². The van der Waals surface area contributed by atoms with Crippen LogP contribution in [0.15, 0.2) is 24.3 Å². The minimum Gasteiger partial charge on any atom is -0.508 e. The van der Waals surface area contributed by atoms with Gasteiger partial charge in [0.2, 0.25) is 0 Å². The van der Waals surface area contributed by atoms with Gasteiger partial charge < -0.3 is 5.11 Å². The molecule has 1 aromatic rings. The van der Waals surface area contributed by atoms with Crippen molar-refractivity contribution in [2.45, 2.75) is 44.9 Å². The first-order chi connectivity index (χ1) is 9.28. The van der Waals surface area contributed by atoms with Gasteiger partial charge >= 0.3 is 0 Å². The molecule has 4 bridgehead atoms. The Morgan fingerprint density at radius 1 is 0.842 bits per heavy atom. The Hall–Kier alpha value is -0.980. The normalized spacial score (nSPS) is 39.7. The number of aryl methyl sites for hydroxylation is 1. The maximum atomic E-state index is 9.34. The molecule has 1 N–H and O–H groups in total. The molecule has 1 aromatic carbocycles. The number of aromatic hydroxyl groups is 1. The molecule has 0 saturated heterocycles. The molecule has 19 heavy (non-hydrogen) atoms. The van der Waals surface area contributed by atoms with Crippen LogP contribution in [0.25, 0.3) is 0 Å². The van der Waals surface area contributed by atoms with Crippen molar-refractivity contribution in [1.29, 1.82) is 0 Å². The minimum atomic E-state index is 0.387. The fourth-order valence-electron chi connectivity index (χ4n) is 5.51. The summed E-state index contributed by atoms with van der Waals surface area (Å²) in [4.78, 5) is 0. The zero-order valence-electron chi connectivity index (χ0n) is 11.6. The highest BCUT2D eigenvalue weighted by molar-refractivity contribution is 5.26. The standard InChI is InChI=1S/C18H24O/c19-17-4-1-12(2-5-17)3-6-18-15-8-13-7-14(10-15)11-16(18)9-13/h1-2,4-5,13-16,18-19H,3,6-11H2. The van der Waals surface area contributed by atoms with Crippen LogP contribution in [0.2, 0.25) is 0 Å². The van der Waals surface area contributed by atoms with Crippen molar-refractivity contribution in [2.24, 2.45) is 29.6 Å². The molecule has 102 valence electrons. The van der Waals surface area contributed by atoms with Gasteiger partial charge in [0.1, 0.15) is 5.75 Å². The van der Waals surface area contributed by atoms with Crippen molar-refractivity contribution >= 4 is 0 Å². The summed E-state index contributed by atoms with van der Waals surface area (Å²) in [5, 5.41) is 9.34. The van der Waals surface area contributed by atoms with Crippen LogP contribution in [0.5, 0.6) is 5.75 Å². The molecule has 0 radical (unpaired) electrons. The van der Waals surface area contributed by atoms with E-state index in [1.165, 1.54) is 44.1 Å². The molecule has 0 heterocycles. The van der Waals surface area contributed by atoms with Gasteiger partial charge in [-0.3, -0.25) is 0 Å². The van der Waals surface area contributed by atoms with Gasteiger partial charge in [0.15, 0.2) is 0 Å². The number of benzene rings is 1. The van der Waals surface area contributed by atoms with Crippen molar-refractivity contribution in [3.8, 4) is 5.75 Å². The molecule has 0 spiro atoms. The molecule has 5 rings (SSSR count). The summed E-state index contributed by atoms with van der Waals surface area (Å²) < 4.78 is 0. The monoisotopic (exact) mass is 256 g/mol. The molecular weight excluding hydrogens is 232 g/mol. The van der Waals surface area contributed by atoms with E-state index in [-0.39, 0.29) is 0 Å². The van der Waals surface area contributed by atoms with E-state index >= 15 is 0 Å². The molecule has 0 aromatic heterocycles. The van der Waals surface area contributed by atoms with Crippen molar-refractivity contribution < 1.29 is 5.11 Å². The molecule has 4 fully saturated rings. The average molecular weight is 256 g/mol. The average Bonchev–Trinajstić information content (AvgIpc) is 2.39. The highest BCUT2D eigenvalue weighted by Crippen LogP contribution is 2.57. The lowest BCUT2D eigenvalue weighted by Crippen LogP contribution is -2.45. The van der Waals surface area contributed by atoms with Gasteiger partial charge in [0.25, 0.3) is 0 Å². The highest BCUT2D eigenvalue weighted by atomic mass is 16.3. The summed E-state index contributed by atoms with van der Waals surface area (Å²) in [5.41, 5.74) is 1.40. The molecule has 0 unspecified atom stereocenters. The summed E-state index contributed by atoms with van der Waals surface area (Å²) in [5.74, 6) is 5.67. The Bertz CT molecular complexity index is 419. The number of hydrogen-bond acceptors (Lipinski definition) is 1. The second kappa shape index (κ2) is 4.54. The molecule has 4 saturated carbocycles. The Kier molecular flexibility index (Phi) is 2.82. The summed E-state index contributed by atoms with van der Waals surface area (Å²) in [6, 6.07) is 7.83. The molecule has 0 atom stereocenters. The minimum absolute atomic E-state index is 0.387. The maximum Gasteiger partial charge on any atom is 0.115 e.